The molecule has 1 aliphatic carbocycles. The second-order valence-corrected chi connectivity index (χ2v) is 9.68. The minimum atomic E-state index is 0.620. The fourth-order valence-electron chi connectivity index (χ4n) is 4.95. The van der Waals surface area contributed by atoms with Crippen molar-refractivity contribution in [3.63, 3.8) is 0 Å². The van der Waals surface area contributed by atoms with Crippen molar-refractivity contribution in [2.75, 3.05) is 6.54 Å². The summed E-state index contributed by atoms with van der Waals surface area (Å²) in [6.45, 7) is 26.0. The predicted octanol–water partition coefficient (Wildman–Crippen LogP) is 6.04. The molecule has 2 aromatic carbocycles. The molecular weight excluding hydrogens is 650 g/mol. The van der Waals surface area contributed by atoms with Gasteiger partial charge >= 0.3 is 238 Å². The van der Waals surface area contributed by atoms with Crippen LogP contribution >= 0.6 is 0 Å². The van der Waals surface area contributed by atoms with Crippen LogP contribution in [-0.2, 0) is 42.6 Å². The average molecular weight is 681 g/mol. The Balaban J connectivity index is 0. The Hall–Kier alpha value is -2.76. The molecule has 196 valence electrons. The maximum absolute atomic E-state index is 7.50. The summed E-state index contributed by atoms with van der Waals surface area (Å²) in [5, 5.41) is 0. The van der Waals surface area contributed by atoms with Crippen molar-refractivity contribution in [1.82, 2.24) is 4.90 Å². The molecule has 4 rings (SSSR count). The zero-order chi connectivity index (χ0) is 29.3. The van der Waals surface area contributed by atoms with Crippen LogP contribution in [0.2, 0.25) is 0 Å². The fraction of sp³-hybridized carbons (Fsp3) is 0.355. The van der Waals surface area contributed by atoms with Gasteiger partial charge < -0.3 is 0 Å². The Labute approximate surface area is 237 Å². The Morgan fingerprint density at radius 3 is 1.71 bits per heavy atom. The van der Waals surface area contributed by atoms with Gasteiger partial charge in [-0.05, 0) is 0 Å². The molecule has 0 amide bonds. The van der Waals surface area contributed by atoms with E-state index in [1.165, 1.54) is 68.3 Å². The van der Waals surface area contributed by atoms with Crippen LogP contribution in [0.25, 0.3) is 5.70 Å². The topological polar surface area (TPSA) is 103 Å². The van der Waals surface area contributed by atoms with Gasteiger partial charge in [-0.25, -0.2) is 0 Å². The Kier molecular flexibility index (Phi) is 24.2. The first-order valence-electron chi connectivity index (χ1n) is 12.0. The second-order valence-electron chi connectivity index (χ2n) is 8.21. The van der Waals surface area contributed by atoms with E-state index in [1.807, 2.05) is 0 Å². The summed E-state index contributed by atoms with van der Waals surface area (Å²) in [5.41, 5.74) is 5.97. The molecule has 1 fully saturated rings. The van der Waals surface area contributed by atoms with Crippen LogP contribution in [0.3, 0.4) is 0 Å². The zero-order valence-corrected chi connectivity index (χ0v) is 24.4. The Morgan fingerprint density at radius 1 is 0.763 bits per heavy atom. The van der Waals surface area contributed by atoms with Gasteiger partial charge in [-0.1, -0.05) is 0 Å². The molecule has 1 aliphatic heterocycles. The minimum absolute atomic E-state index is 0.620. The SMILES string of the molecule is CCCCN1C(c2ccccc2)=C([C](=[W])c2ccccc2)C1C1CCCCC1.[C-]#[O+].[C-]#[O+].[C-]#[O+].[C-]#[O+].[C-]#[O+]. The van der Waals surface area contributed by atoms with Crippen LogP contribution in [-0.4, -0.2) is 21.4 Å². The maximum atomic E-state index is 7.50. The zero-order valence-electron chi connectivity index (χ0n) is 21.5. The van der Waals surface area contributed by atoms with E-state index in [9.17, 15) is 0 Å². The van der Waals surface area contributed by atoms with E-state index in [2.05, 4.69) is 106 Å². The van der Waals surface area contributed by atoms with E-state index in [-0.39, 0.29) is 0 Å². The molecule has 0 saturated heterocycles. The van der Waals surface area contributed by atoms with Gasteiger partial charge in [0.15, 0.2) is 0 Å². The monoisotopic (exact) mass is 681 g/mol. The molecule has 0 N–H and O–H groups in total. The van der Waals surface area contributed by atoms with Crippen molar-refractivity contribution >= 4 is 9.59 Å². The van der Waals surface area contributed by atoms with Crippen molar-refractivity contribution in [2.24, 2.45) is 5.92 Å². The van der Waals surface area contributed by atoms with Crippen LogP contribution in [0.4, 0.5) is 0 Å². The van der Waals surface area contributed by atoms with Crippen LogP contribution in [0.1, 0.15) is 63.0 Å². The Morgan fingerprint density at radius 2 is 1.24 bits per heavy atom. The van der Waals surface area contributed by atoms with Gasteiger partial charge in [0.25, 0.3) is 0 Å². The van der Waals surface area contributed by atoms with Gasteiger partial charge in [0.2, 0.25) is 0 Å². The number of rotatable bonds is 7. The van der Waals surface area contributed by atoms with E-state index in [4.69, 9.17) is 23.3 Å². The Bertz CT molecular complexity index is 1010. The summed E-state index contributed by atoms with van der Waals surface area (Å²) in [6, 6.07) is 22.8. The third-order valence-corrected chi connectivity index (χ3v) is 7.99. The van der Waals surface area contributed by atoms with Crippen molar-refractivity contribution in [3.8, 4) is 0 Å². The molecular formula is C31H31NO5W. The first-order valence-corrected chi connectivity index (χ1v) is 13.5. The second kappa shape index (κ2) is 24.6. The molecule has 0 radical (unpaired) electrons. The van der Waals surface area contributed by atoms with Crippen molar-refractivity contribution in [3.05, 3.63) is 111 Å². The predicted molar refractivity (Wildman–Crippen MR) is 136 cm³/mol. The molecule has 0 aromatic heterocycles. The van der Waals surface area contributed by atoms with E-state index in [1.54, 1.807) is 28.8 Å². The number of unbranched alkanes of at least 4 members (excludes halogenated alkanes) is 1. The van der Waals surface area contributed by atoms with Crippen LogP contribution < -0.4 is 0 Å². The number of hydrogen-bond acceptors (Lipinski definition) is 1. The molecule has 38 heavy (non-hydrogen) atoms. The summed E-state index contributed by atoms with van der Waals surface area (Å²) in [4.78, 5) is 2.77. The fourth-order valence-corrected chi connectivity index (χ4v) is 6.22. The third-order valence-electron chi connectivity index (χ3n) is 6.35. The van der Waals surface area contributed by atoms with Crippen LogP contribution in [0.5, 0.6) is 0 Å². The summed E-state index contributed by atoms with van der Waals surface area (Å²) in [7, 11) is 0. The van der Waals surface area contributed by atoms with Gasteiger partial charge in [-0.2, -0.15) is 0 Å². The van der Waals surface area contributed by atoms with E-state index in [0.717, 1.165) is 5.92 Å². The molecule has 2 aromatic rings. The summed E-state index contributed by atoms with van der Waals surface area (Å²) >= 11 is 1.60. The van der Waals surface area contributed by atoms with Gasteiger partial charge in [-0.3, -0.25) is 0 Å². The number of hydrogen-bond donors (Lipinski definition) is 0. The standard InChI is InChI=1S/C26H31N.5CO.W/c1-2-3-19-27-25(22-15-9-5-10-16-22)24(20-21-13-7-4-8-14-21)26(27)23-17-11-6-12-18-23;5*1-2;/h4-5,7-10,13-16,23,26H,2-3,6,11-12,17-19H2,1H3;;;;;;. The molecule has 0 spiro atoms. The summed E-state index contributed by atoms with van der Waals surface area (Å²) < 4.78 is 39.1. The molecule has 0 bridgehead atoms. The van der Waals surface area contributed by atoms with E-state index < -0.39 is 0 Å². The third kappa shape index (κ3) is 10.5. The van der Waals surface area contributed by atoms with Crippen LogP contribution in [0.15, 0.2) is 66.2 Å². The molecule has 2 aliphatic rings. The van der Waals surface area contributed by atoms with E-state index in [0.29, 0.717) is 6.04 Å². The van der Waals surface area contributed by atoms with Gasteiger partial charge in [-0.15, -0.1) is 0 Å². The number of benzene rings is 2. The average Bonchev–Trinajstić information content (AvgIpc) is 3.03. The van der Waals surface area contributed by atoms with E-state index >= 15 is 0 Å². The number of nitrogens with zero attached hydrogens (tertiary/aromatic N) is 1. The molecule has 1 saturated carbocycles. The van der Waals surface area contributed by atoms with Gasteiger partial charge in [0.1, 0.15) is 0 Å². The van der Waals surface area contributed by atoms with Gasteiger partial charge in [0.05, 0.1) is 0 Å². The first-order chi connectivity index (χ1) is 18.8. The molecule has 7 heteroatoms. The van der Waals surface area contributed by atoms with Gasteiger partial charge in [0, 0.05) is 0 Å². The quantitative estimate of drug-likeness (QED) is 0.258. The molecule has 1 unspecified atom stereocenters. The summed E-state index contributed by atoms with van der Waals surface area (Å²) in [5.74, 6) is 0.825. The van der Waals surface area contributed by atoms with Crippen LogP contribution in [0, 0.1) is 39.2 Å². The summed E-state index contributed by atoms with van der Waals surface area (Å²) in [6.07, 6.45) is 9.59. The molecule has 6 nitrogen and oxygen atoms in total. The van der Waals surface area contributed by atoms with Crippen molar-refractivity contribution in [1.29, 1.82) is 0 Å². The van der Waals surface area contributed by atoms with Crippen molar-refractivity contribution < 1.29 is 42.6 Å². The normalized spacial score (nSPS) is 15.1. The first kappa shape index (κ1) is 37.4. The molecule has 1 heterocycles. The molecule has 1 atom stereocenters. The van der Waals surface area contributed by atoms with Crippen molar-refractivity contribution in [2.45, 2.75) is 57.9 Å².